The first-order valence-electron chi connectivity index (χ1n) is 7.59. The Morgan fingerprint density at radius 1 is 1.22 bits per heavy atom. The van der Waals surface area contributed by atoms with Crippen molar-refractivity contribution in [3.63, 3.8) is 0 Å². The first-order chi connectivity index (χ1) is 11.0. The molecule has 2 fully saturated rings. The van der Waals surface area contributed by atoms with Crippen LogP contribution in [0.5, 0.6) is 0 Å². The van der Waals surface area contributed by atoms with Gasteiger partial charge in [-0.05, 0) is 5.56 Å². The number of alkyl halides is 2. The number of piperidine rings is 1. The highest BCUT2D eigenvalue weighted by atomic mass is 19.3. The van der Waals surface area contributed by atoms with Gasteiger partial charge in [-0.25, -0.2) is 8.78 Å². The summed E-state index contributed by atoms with van der Waals surface area (Å²) in [4.78, 5) is 25.7. The van der Waals surface area contributed by atoms with Crippen molar-refractivity contribution in [2.75, 3.05) is 19.7 Å². The second-order valence-electron chi connectivity index (χ2n) is 5.87. The number of carbonyl (C=O) groups is 2. The summed E-state index contributed by atoms with van der Waals surface area (Å²) in [5.74, 6) is -3.36. The highest BCUT2D eigenvalue weighted by molar-refractivity contribution is 5.86. The van der Waals surface area contributed by atoms with Crippen LogP contribution < -0.4 is 5.32 Å². The van der Waals surface area contributed by atoms with Crippen molar-refractivity contribution in [2.24, 2.45) is 0 Å². The zero-order valence-corrected chi connectivity index (χ0v) is 12.5. The molecule has 0 radical (unpaired) electrons. The fraction of sp³-hybridized carbons (Fsp3) is 0.500. The Bertz CT molecular complexity index is 584. The van der Waals surface area contributed by atoms with Crippen molar-refractivity contribution < 1.29 is 23.1 Å². The fourth-order valence-corrected chi connectivity index (χ4v) is 2.92. The Balaban J connectivity index is 1.76. The Hall–Kier alpha value is -2.02. The molecule has 2 aliphatic rings. The number of hydrogen-bond donors (Lipinski definition) is 1. The molecule has 0 spiro atoms. The Morgan fingerprint density at radius 2 is 1.87 bits per heavy atom. The van der Waals surface area contributed by atoms with Gasteiger partial charge in [0.15, 0.2) is 6.10 Å². The lowest BCUT2D eigenvalue weighted by atomic mass is 9.97. The molecule has 0 saturated carbocycles. The van der Waals surface area contributed by atoms with Gasteiger partial charge in [0, 0.05) is 25.9 Å². The van der Waals surface area contributed by atoms with Crippen molar-refractivity contribution in [2.45, 2.75) is 30.9 Å². The lowest BCUT2D eigenvalue weighted by molar-refractivity contribution is -0.159. The number of likely N-dealkylation sites (tertiary alicyclic amines) is 1. The molecule has 2 amide bonds. The van der Waals surface area contributed by atoms with Crippen molar-refractivity contribution in [1.82, 2.24) is 10.2 Å². The maximum Gasteiger partial charge on any atom is 0.254 e. The first-order valence-corrected chi connectivity index (χ1v) is 7.59. The van der Waals surface area contributed by atoms with Gasteiger partial charge >= 0.3 is 0 Å². The Labute approximate surface area is 132 Å². The summed E-state index contributed by atoms with van der Waals surface area (Å²) in [5.41, 5.74) is 0.751. The quantitative estimate of drug-likeness (QED) is 0.897. The molecule has 7 heteroatoms. The van der Waals surface area contributed by atoms with Crippen LogP contribution in [0, 0.1) is 0 Å². The lowest BCUT2D eigenvalue weighted by Crippen LogP contribution is -2.55. The zero-order valence-electron chi connectivity index (χ0n) is 12.5. The van der Waals surface area contributed by atoms with Gasteiger partial charge in [0.2, 0.25) is 5.91 Å². The number of benzene rings is 1. The van der Waals surface area contributed by atoms with Crippen LogP contribution >= 0.6 is 0 Å². The van der Waals surface area contributed by atoms with Crippen LogP contribution in [0.2, 0.25) is 0 Å². The molecule has 3 rings (SSSR count). The third-order valence-electron chi connectivity index (χ3n) is 4.22. The molecule has 1 aromatic rings. The summed E-state index contributed by atoms with van der Waals surface area (Å²) < 4.78 is 31.9. The van der Waals surface area contributed by atoms with Gasteiger partial charge in [0.05, 0.1) is 6.04 Å². The highest BCUT2D eigenvalue weighted by Gasteiger charge is 2.42. The van der Waals surface area contributed by atoms with Crippen molar-refractivity contribution in [3.8, 4) is 0 Å². The molecule has 2 heterocycles. The zero-order chi connectivity index (χ0) is 16.4. The van der Waals surface area contributed by atoms with Crippen LogP contribution in [0.4, 0.5) is 8.78 Å². The van der Waals surface area contributed by atoms with E-state index < -0.39 is 18.1 Å². The summed E-state index contributed by atoms with van der Waals surface area (Å²) >= 11 is 0. The van der Waals surface area contributed by atoms with E-state index in [-0.39, 0.29) is 44.4 Å². The first kappa shape index (κ1) is 15.9. The van der Waals surface area contributed by atoms with E-state index in [4.69, 9.17) is 4.74 Å². The van der Waals surface area contributed by atoms with Crippen molar-refractivity contribution in [1.29, 1.82) is 0 Å². The van der Waals surface area contributed by atoms with E-state index >= 15 is 0 Å². The average Bonchev–Trinajstić information content (AvgIpc) is 2.55. The monoisotopic (exact) mass is 324 g/mol. The normalized spacial score (nSPS) is 27.4. The van der Waals surface area contributed by atoms with E-state index in [2.05, 4.69) is 5.32 Å². The number of rotatable bonds is 2. The second-order valence-corrected chi connectivity index (χ2v) is 5.87. The van der Waals surface area contributed by atoms with Crippen LogP contribution in [-0.4, -0.2) is 48.4 Å². The molecular formula is C16H18F2N2O3. The van der Waals surface area contributed by atoms with E-state index in [1.807, 2.05) is 6.07 Å². The summed E-state index contributed by atoms with van der Waals surface area (Å²) in [6.07, 6.45) is -1.57. The molecule has 1 aromatic carbocycles. The van der Waals surface area contributed by atoms with Gasteiger partial charge in [-0.1, -0.05) is 30.3 Å². The minimum absolute atomic E-state index is 0.00114. The molecule has 0 aliphatic carbocycles. The summed E-state index contributed by atoms with van der Waals surface area (Å²) in [6, 6.07) is 8.43. The lowest BCUT2D eigenvalue weighted by Gasteiger charge is -2.38. The molecule has 5 nitrogen and oxygen atoms in total. The molecule has 2 aliphatic heterocycles. The molecule has 124 valence electrons. The number of hydrogen-bond acceptors (Lipinski definition) is 3. The summed E-state index contributed by atoms with van der Waals surface area (Å²) in [6.45, 7) is -0.202. The second kappa shape index (κ2) is 6.23. The summed E-state index contributed by atoms with van der Waals surface area (Å²) in [5, 5.41) is 2.76. The number of amides is 2. The number of morpholine rings is 1. The number of halogens is 2. The van der Waals surface area contributed by atoms with Gasteiger partial charge in [0.1, 0.15) is 6.61 Å². The van der Waals surface area contributed by atoms with Gasteiger partial charge in [-0.2, -0.15) is 0 Å². The number of carbonyl (C=O) groups excluding carboxylic acids is 2. The third kappa shape index (κ3) is 3.50. The molecule has 0 unspecified atom stereocenters. The van der Waals surface area contributed by atoms with Gasteiger partial charge in [0.25, 0.3) is 11.8 Å². The van der Waals surface area contributed by atoms with Crippen molar-refractivity contribution in [3.05, 3.63) is 35.9 Å². The minimum atomic E-state index is -2.71. The largest absolute Gasteiger partial charge is 0.356 e. The highest BCUT2D eigenvalue weighted by Crippen LogP contribution is 2.30. The van der Waals surface area contributed by atoms with Gasteiger partial charge in [-0.3, -0.25) is 9.59 Å². The molecule has 23 heavy (non-hydrogen) atoms. The average molecular weight is 324 g/mol. The van der Waals surface area contributed by atoms with E-state index in [0.717, 1.165) is 5.56 Å². The molecule has 0 bridgehead atoms. The molecular weight excluding hydrogens is 306 g/mol. The van der Waals surface area contributed by atoms with Gasteiger partial charge < -0.3 is 15.0 Å². The SMILES string of the molecule is O=C1CO[C@H](C(=O)N2CCC(F)(F)CC2)[C@@H](c2ccccc2)N1. The topological polar surface area (TPSA) is 58.6 Å². The number of nitrogens with zero attached hydrogens (tertiary/aromatic N) is 1. The van der Waals surface area contributed by atoms with E-state index in [1.54, 1.807) is 24.3 Å². The number of nitrogens with one attached hydrogen (secondary N) is 1. The van der Waals surface area contributed by atoms with E-state index in [1.165, 1.54) is 4.90 Å². The predicted octanol–water partition coefficient (Wildman–Crippen LogP) is 1.50. The standard InChI is InChI=1S/C16H18F2N2O3/c17-16(18)6-8-20(9-7-16)15(22)14-13(19-12(21)10-23-14)11-4-2-1-3-5-11/h1-5,13-14H,6-10H2,(H,19,21)/t13-,14+/m1/s1. The smallest absolute Gasteiger partial charge is 0.254 e. The maximum absolute atomic E-state index is 13.3. The van der Waals surface area contributed by atoms with Gasteiger partial charge in [-0.15, -0.1) is 0 Å². The van der Waals surface area contributed by atoms with Crippen LogP contribution in [0.1, 0.15) is 24.4 Å². The van der Waals surface area contributed by atoms with Crippen LogP contribution in [0.3, 0.4) is 0 Å². The Kier molecular flexibility index (Phi) is 4.30. The number of ether oxygens (including phenoxy) is 1. The fourth-order valence-electron chi connectivity index (χ4n) is 2.92. The predicted molar refractivity (Wildman–Crippen MR) is 77.8 cm³/mol. The van der Waals surface area contributed by atoms with Crippen molar-refractivity contribution >= 4 is 11.8 Å². The maximum atomic E-state index is 13.3. The Morgan fingerprint density at radius 3 is 2.52 bits per heavy atom. The van der Waals surface area contributed by atoms with Crippen LogP contribution in [-0.2, 0) is 14.3 Å². The molecule has 1 N–H and O–H groups in total. The molecule has 0 aromatic heterocycles. The van der Waals surface area contributed by atoms with Crippen LogP contribution in [0.15, 0.2) is 30.3 Å². The van der Waals surface area contributed by atoms with E-state index in [0.29, 0.717) is 0 Å². The third-order valence-corrected chi connectivity index (χ3v) is 4.22. The van der Waals surface area contributed by atoms with E-state index in [9.17, 15) is 18.4 Å². The molecule has 2 atom stereocenters. The molecule has 2 saturated heterocycles. The van der Waals surface area contributed by atoms with Crippen LogP contribution in [0.25, 0.3) is 0 Å². The minimum Gasteiger partial charge on any atom is -0.356 e. The summed E-state index contributed by atoms with van der Waals surface area (Å²) in [7, 11) is 0.